The highest BCUT2D eigenvalue weighted by Crippen LogP contribution is 2.52. The lowest BCUT2D eigenvalue weighted by molar-refractivity contribution is 0.0698. The van der Waals surface area contributed by atoms with Crippen LogP contribution in [0.25, 0.3) is 0 Å². The van der Waals surface area contributed by atoms with Gasteiger partial charge in [0.2, 0.25) is 0 Å². The van der Waals surface area contributed by atoms with Gasteiger partial charge < -0.3 is 10.6 Å². The van der Waals surface area contributed by atoms with E-state index in [1.165, 1.54) is 6.42 Å². The Balaban J connectivity index is 1.93. The maximum absolute atomic E-state index is 13.0. The van der Waals surface area contributed by atoms with Crippen LogP contribution in [0.15, 0.2) is 0 Å². The summed E-state index contributed by atoms with van der Waals surface area (Å²) in [6.45, 7) is 9.62. The van der Waals surface area contributed by atoms with E-state index in [9.17, 15) is 4.79 Å². The Bertz CT molecular complexity index is 604. The van der Waals surface area contributed by atoms with Crippen LogP contribution in [0.5, 0.6) is 0 Å². The summed E-state index contributed by atoms with van der Waals surface area (Å²) in [5, 5.41) is 4.28. The van der Waals surface area contributed by atoms with Crippen LogP contribution < -0.4 is 5.73 Å². The number of carbonyl (C=O) groups is 1. The number of likely N-dealkylation sites (tertiary alicyclic amines) is 1. The summed E-state index contributed by atoms with van der Waals surface area (Å²) < 4.78 is 1.63. The number of rotatable bonds is 1. The molecule has 0 spiro atoms. The van der Waals surface area contributed by atoms with Crippen LogP contribution in [0.2, 0.25) is 0 Å². The van der Waals surface area contributed by atoms with Crippen LogP contribution in [0, 0.1) is 17.8 Å². The van der Waals surface area contributed by atoms with Crippen LogP contribution >= 0.6 is 0 Å². The van der Waals surface area contributed by atoms with E-state index in [0.29, 0.717) is 22.8 Å². The van der Waals surface area contributed by atoms with E-state index >= 15 is 0 Å². The zero-order valence-electron chi connectivity index (χ0n) is 13.7. The lowest BCUT2D eigenvalue weighted by Crippen LogP contribution is -2.38. The number of nitrogens with zero attached hydrogens (tertiary/aromatic N) is 3. The fourth-order valence-electron chi connectivity index (χ4n) is 4.76. The summed E-state index contributed by atoms with van der Waals surface area (Å²) in [6.07, 6.45) is 3.37. The van der Waals surface area contributed by atoms with E-state index in [1.54, 1.807) is 11.7 Å². The summed E-state index contributed by atoms with van der Waals surface area (Å²) in [7, 11) is 1.80. The van der Waals surface area contributed by atoms with E-state index in [2.05, 4.69) is 25.9 Å². The van der Waals surface area contributed by atoms with Crippen molar-refractivity contribution in [3.63, 3.8) is 0 Å². The summed E-state index contributed by atoms with van der Waals surface area (Å²) in [5.41, 5.74) is 8.41. The molecule has 2 fully saturated rings. The third kappa shape index (κ3) is 2.23. The third-order valence-electron chi connectivity index (χ3n) is 5.15. The normalized spacial score (nSPS) is 30.7. The van der Waals surface area contributed by atoms with E-state index in [0.717, 1.165) is 25.1 Å². The molecule has 1 saturated carbocycles. The summed E-state index contributed by atoms with van der Waals surface area (Å²) >= 11 is 0. The molecule has 2 unspecified atom stereocenters. The lowest BCUT2D eigenvalue weighted by atomic mass is 9.65. The molecule has 1 aliphatic heterocycles. The van der Waals surface area contributed by atoms with Gasteiger partial charge in [-0.25, -0.2) is 0 Å². The van der Waals surface area contributed by atoms with Gasteiger partial charge in [0.15, 0.2) is 0 Å². The van der Waals surface area contributed by atoms with E-state index in [4.69, 9.17) is 5.73 Å². The van der Waals surface area contributed by atoms with Crippen LogP contribution in [-0.4, -0.2) is 33.2 Å². The molecule has 1 saturated heterocycles. The average Bonchev–Trinajstić information content (AvgIpc) is 2.71. The van der Waals surface area contributed by atoms with Crippen molar-refractivity contribution in [3.05, 3.63) is 11.4 Å². The zero-order chi connectivity index (χ0) is 15.6. The predicted octanol–water partition coefficient (Wildman–Crippen LogP) is 2.35. The Morgan fingerprint density at radius 2 is 2.00 bits per heavy atom. The van der Waals surface area contributed by atoms with Crippen molar-refractivity contribution in [2.75, 3.05) is 12.3 Å². The fraction of sp³-hybridized carbons (Fsp3) is 0.750. The monoisotopic (exact) mass is 290 g/mol. The number of aryl methyl sites for hydroxylation is 2. The second-order valence-electron chi connectivity index (χ2n) is 8.12. The van der Waals surface area contributed by atoms with Gasteiger partial charge in [0.05, 0.1) is 11.4 Å². The van der Waals surface area contributed by atoms with E-state index in [-0.39, 0.29) is 11.3 Å². The molecule has 2 heterocycles. The lowest BCUT2D eigenvalue weighted by Gasteiger charge is -2.39. The molecule has 1 amide bonds. The summed E-state index contributed by atoms with van der Waals surface area (Å²) in [4.78, 5) is 15.0. The molecule has 2 aliphatic rings. The Labute approximate surface area is 126 Å². The minimum absolute atomic E-state index is 0.0435. The summed E-state index contributed by atoms with van der Waals surface area (Å²) in [6, 6.07) is 0.334. The second-order valence-corrected chi connectivity index (χ2v) is 8.12. The van der Waals surface area contributed by atoms with Crippen molar-refractivity contribution in [1.29, 1.82) is 0 Å². The van der Waals surface area contributed by atoms with Crippen molar-refractivity contribution >= 4 is 11.6 Å². The minimum Gasteiger partial charge on any atom is -0.395 e. The number of anilines is 1. The molecule has 116 valence electrons. The number of amides is 1. The van der Waals surface area contributed by atoms with Crippen molar-refractivity contribution in [1.82, 2.24) is 14.7 Å². The molecule has 1 aromatic heterocycles. The molecule has 5 nitrogen and oxygen atoms in total. The maximum Gasteiger partial charge on any atom is 0.274 e. The van der Waals surface area contributed by atoms with Gasteiger partial charge in [-0.05, 0) is 37.0 Å². The smallest absolute Gasteiger partial charge is 0.274 e. The van der Waals surface area contributed by atoms with Gasteiger partial charge in [-0.2, -0.15) is 5.10 Å². The van der Waals surface area contributed by atoms with Crippen LogP contribution in [0.1, 0.15) is 56.2 Å². The highest BCUT2D eigenvalue weighted by molar-refractivity contribution is 5.98. The number of aromatic nitrogens is 2. The van der Waals surface area contributed by atoms with Crippen LogP contribution in [-0.2, 0) is 7.05 Å². The molecule has 3 rings (SSSR count). The molecule has 5 heteroatoms. The van der Waals surface area contributed by atoms with Crippen molar-refractivity contribution in [3.8, 4) is 0 Å². The molecule has 2 bridgehead atoms. The van der Waals surface area contributed by atoms with Gasteiger partial charge >= 0.3 is 0 Å². The molecule has 0 radical (unpaired) electrons. The Kier molecular flexibility index (Phi) is 2.91. The number of hydrogen-bond acceptors (Lipinski definition) is 3. The molecule has 1 aliphatic carbocycles. The quantitative estimate of drug-likeness (QED) is 0.863. The maximum atomic E-state index is 13.0. The first-order valence-corrected chi connectivity index (χ1v) is 7.72. The number of carbonyl (C=O) groups excluding carboxylic acids is 1. The first kappa shape index (κ1) is 14.4. The van der Waals surface area contributed by atoms with Gasteiger partial charge in [-0.15, -0.1) is 0 Å². The highest BCUT2D eigenvalue weighted by Gasteiger charge is 2.51. The van der Waals surface area contributed by atoms with E-state index < -0.39 is 0 Å². The first-order valence-electron chi connectivity index (χ1n) is 7.72. The molecule has 1 aromatic rings. The number of nitrogens with two attached hydrogens (primary N) is 1. The van der Waals surface area contributed by atoms with Gasteiger partial charge in [0.25, 0.3) is 5.91 Å². The topological polar surface area (TPSA) is 64.2 Å². The average molecular weight is 290 g/mol. The molecular weight excluding hydrogens is 264 g/mol. The second kappa shape index (κ2) is 4.24. The molecule has 2 N–H and O–H groups in total. The highest BCUT2D eigenvalue weighted by atomic mass is 16.2. The van der Waals surface area contributed by atoms with Crippen molar-refractivity contribution in [2.45, 2.75) is 53.0 Å². The van der Waals surface area contributed by atoms with Gasteiger partial charge in [-0.1, -0.05) is 20.8 Å². The molecule has 2 atom stereocenters. The number of hydrogen-bond donors (Lipinski definition) is 1. The Hall–Kier alpha value is -1.52. The fourth-order valence-corrected chi connectivity index (χ4v) is 4.76. The van der Waals surface area contributed by atoms with E-state index in [1.807, 2.05) is 11.8 Å². The molecular formula is C16H26N4O. The third-order valence-corrected chi connectivity index (χ3v) is 5.15. The zero-order valence-corrected chi connectivity index (χ0v) is 13.7. The van der Waals surface area contributed by atoms with Crippen molar-refractivity contribution in [2.24, 2.45) is 17.9 Å². The number of fused-ring (bicyclic) bond motifs is 2. The Morgan fingerprint density at radius 1 is 1.33 bits per heavy atom. The molecule has 21 heavy (non-hydrogen) atoms. The number of nitrogen functional groups attached to an aromatic ring is 1. The minimum atomic E-state index is 0.0435. The Morgan fingerprint density at radius 3 is 2.57 bits per heavy atom. The largest absolute Gasteiger partial charge is 0.395 e. The van der Waals surface area contributed by atoms with Crippen molar-refractivity contribution < 1.29 is 4.79 Å². The van der Waals surface area contributed by atoms with Gasteiger partial charge in [0.1, 0.15) is 5.69 Å². The first-order chi connectivity index (χ1) is 9.62. The predicted molar refractivity (Wildman–Crippen MR) is 82.9 cm³/mol. The van der Waals surface area contributed by atoms with Gasteiger partial charge in [0, 0.05) is 19.6 Å². The van der Waals surface area contributed by atoms with Crippen LogP contribution in [0.3, 0.4) is 0 Å². The SMILES string of the molecule is Cc1nn(C)c(C(=O)N2CC3(C)CC2CC(C)(C)C3)c1N. The standard InChI is InChI=1S/C16H26N4O/c1-10-12(17)13(19(5)18-10)14(21)20-9-16(4)7-11(20)6-15(2,3)8-16/h11H,6-9,17H2,1-5H3. The molecule has 0 aromatic carbocycles. The van der Waals surface area contributed by atoms with Crippen LogP contribution in [0.4, 0.5) is 5.69 Å². The van der Waals surface area contributed by atoms with Gasteiger partial charge in [-0.3, -0.25) is 9.48 Å². The summed E-state index contributed by atoms with van der Waals surface area (Å²) in [5.74, 6) is 0.0435.